The highest BCUT2D eigenvalue weighted by Gasteiger charge is 2.40. The summed E-state index contributed by atoms with van der Waals surface area (Å²) >= 11 is 0. The van der Waals surface area contributed by atoms with Crippen LogP contribution in [0.5, 0.6) is 0 Å². The Morgan fingerprint density at radius 3 is 2.29 bits per heavy atom. The molecule has 21 heavy (non-hydrogen) atoms. The predicted octanol–water partition coefficient (Wildman–Crippen LogP) is 4.02. The summed E-state index contributed by atoms with van der Waals surface area (Å²) in [5.74, 6) is 0. The number of rotatable bonds is 3. The SMILES string of the molecule is CC(C)(C)CCN1CC(C)(c2ccccc2)NCC1(C)C. The topological polar surface area (TPSA) is 15.3 Å². The molecule has 1 aromatic carbocycles. The highest BCUT2D eigenvalue weighted by molar-refractivity contribution is 5.25. The molecule has 1 atom stereocenters. The quantitative estimate of drug-likeness (QED) is 0.903. The summed E-state index contributed by atoms with van der Waals surface area (Å²) in [5.41, 5.74) is 2.06. The number of nitrogens with one attached hydrogen (secondary N) is 1. The molecule has 1 fully saturated rings. The third kappa shape index (κ3) is 4.08. The van der Waals surface area contributed by atoms with E-state index in [2.05, 4.69) is 82.1 Å². The van der Waals surface area contributed by atoms with Gasteiger partial charge < -0.3 is 5.32 Å². The predicted molar refractivity (Wildman–Crippen MR) is 91.5 cm³/mol. The Hall–Kier alpha value is -0.860. The standard InChI is InChI=1S/C19H32N2/c1-17(2,3)12-13-21-15-19(6,20-14-18(21,4)5)16-10-8-7-9-11-16/h7-11,20H,12-15H2,1-6H3. The normalized spacial score (nSPS) is 26.8. The molecule has 1 saturated heterocycles. The first-order valence-corrected chi connectivity index (χ1v) is 8.18. The highest BCUT2D eigenvalue weighted by Crippen LogP contribution is 2.32. The molecule has 2 rings (SSSR count). The van der Waals surface area contributed by atoms with Crippen molar-refractivity contribution in [2.75, 3.05) is 19.6 Å². The van der Waals surface area contributed by atoms with E-state index in [0.717, 1.165) is 13.1 Å². The van der Waals surface area contributed by atoms with E-state index in [1.165, 1.54) is 18.5 Å². The van der Waals surface area contributed by atoms with Gasteiger partial charge in [-0.2, -0.15) is 0 Å². The summed E-state index contributed by atoms with van der Waals surface area (Å²) in [4.78, 5) is 2.67. The number of hydrogen-bond donors (Lipinski definition) is 1. The molecular weight excluding hydrogens is 256 g/mol. The van der Waals surface area contributed by atoms with Gasteiger partial charge in [-0.3, -0.25) is 4.90 Å². The Bertz CT molecular complexity index is 458. The average Bonchev–Trinajstić information content (AvgIpc) is 2.40. The van der Waals surface area contributed by atoms with E-state index < -0.39 is 0 Å². The van der Waals surface area contributed by atoms with Crippen molar-refractivity contribution < 1.29 is 0 Å². The maximum atomic E-state index is 3.79. The Balaban J connectivity index is 2.15. The van der Waals surface area contributed by atoms with Crippen LogP contribution in [0.4, 0.5) is 0 Å². The summed E-state index contributed by atoms with van der Waals surface area (Å²) in [7, 11) is 0. The number of benzene rings is 1. The van der Waals surface area contributed by atoms with Gasteiger partial charge >= 0.3 is 0 Å². The Morgan fingerprint density at radius 1 is 1.10 bits per heavy atom. The minimum atomic E-state index is 0.0503. The number of hydrogen-bond acceptors (Lipinski definition) is 2. The van der Waals surface area contributed by atoms with E-state index in [9.17, 15) is 0 Å². The first-order chi connectivity index (χ1) is 9.62. The molecule has 0 radical (unpaired) electrons. The molecule has 1 N–H and O–H groups in total. The van der Waals surface area contributed by atoms with Crippen molar-refractivity contribution in [3.8, 4) is 0 Å². The fraction of sp³-hybridized carbons (Fsp3) is 0.684. The van der Waals surface area contributed by atoms with Gasteiger partial charge in [0.1, 0.15) is 0 Å². The van der Waals surface area contributed by atoms with Crippen molar-refractivity contribution in [2.24, 2.45) is 5.41 Å². The summed E-state index contributed by atoms with van der Waals surface area (Å²) in [6.45, 7) is 17.3. The molecule has 1 heterocycles. The maximum Gasteiger partial charge on any atom is 0.0535 e. The van der Waals surface area contributed by atoms with E-state index in [-0.39, 0.29) is 11.1 Å². The molecule has 0 spiro atoms. The lowest BCUT2D eigenvalue weighted by Crippen LogP contribution is -2.65. The van der Waals surface area contributed by atoms with Crippen molar-refractivity contribution in [3.05, 3.63) is 35.9 Å². The fourth-order valence-electron chi connectivity index (χ4n) is 3.03. The molecule has 0 aromatic heterocycles. The molecule has 0 aliphatic carbocycles. The lowest BCUT2D eigenvalue weighted by molar-refractivity contribution is 0.0236. The fourth-order valence-corrected chi connectivity index (χ4v) is 3.03. The first-order valence-electron chi connectivity index (χ1n) is 8.18. The molecular formula is C19H32N2. The zero-order chi connectivity index (χ0) is 15.7. The van der Waals surface area contributed by atoms with E-state index >= 15 is 0 Å². The van der Waals surface area contributed by atoms with Crippen LogP contribution in [0.15, 0.2) is 30.3 Å². The average molecular weight is 288 g/mol. The van der Waals surface area contributed by atoms with Gasteiger partial charge in [0.2, 0.25) is 0 Å². The molecule has 0 bridgehead atoms. The van der Waals surface area contributed by atoms with Crippen LogP contribution in [0, 0.1) is 5.41 Å². The molecule has 0 amide bonds. The van der Waals surface area contributed by atoms with Gasteiger partial charge in [0.05, 0.1) is 5.54 Å². The second kappa shape index (κ2) is 5.73. The monoisotopic (exact) mass is 288 g/mol. The highest BCUT2D eigenvalue weighted by atomic mass is 15.3. The number of nitrogens with zero attached hydrogens (tertiary/aromatic N) is 1. The van der Waals surface area contributed by atoms with Gasteiger partial charge in [-0.05, 0) is 44.7 Å². The second-order valence-corrected chi connectivity index (χ2v) is 8.60. The second-order valence-electron chi connectivity index (χ2n) is 8.60. The third-order valence-corrected chi connectivity index (χ3v) is 4.82. The molecule has 1 aliphatic rings. The van der Waals surface area contributed by atoms with Crippen LogP contribution in [0.3, 0.4) is 0 Å². The van der Waals surface area contributed by atoms with Crippen LogP contribution in [0.1, 0.15) is 53.5 Å². The van der Waals surface area contributed by atoms with Gasteiger partial charge in [-0.1, -0.05) is 51.1 Å². The zero-order valence-electron chi connectivity index (χ0n) is 14.7. The van der Waals surface area contributed by atoms with Crippen molar-refractivity contribution in [2.45, 2.75) is 59.0 Å². The Labute approximate surface area is 130 Å². The smallest absolute Gasteiger partial charge is 0.0535 e. The molecule has 2 heteroatoms. The molecule has 1 unspecified atom stereocenters. The summed E-state index contributed by atoms with van der Waals surface area (Å²) in [5, 5.41) is 3.79. The van der Waals surface area contributed by atoms with Crippen LogP contribution >= 0.6 is 0 Å². The van der Waals surface area contributed by atoms with Crippen LogP contribution < -0.4 is 5.32 Å². The summed E-state index contributed by atoms with van der Waals surface area (Å²) in [6.07, 6.45) is 1.24. The molecule has 0 saturated carbocycles. The zero-order valence-corrected chi connectivity index (χ0v) is 14.7. The number of piperazine rings is 1. The lowest BCUT2D eigenvalue weighted by atomic mass is 9.83. The minimum Gasteiger partial charge on any atom is -0.305 e. The van der Waals surface area contributed by atoms with Gasteiger partial charge in [0, 0.05) is 18.6 Å². The molecule has 2 nitrogen and oxygen atoms in total. The summed E-state index contributed by atoms with van der Waals surface area (Å²) < 4.78 is 0. The van der Waals surface area contributed by atoms with Crippen LogP contribution in [-0.2, 0) is 5.54 Å². The van der Waals surface area contributed by atoms with Crippen LogP contribution in [0.2, 0.25) is 0 Å². The van der Waals surface area contributed by atoms with E-state index in [0.29, 0.717) is 5.41 Å². The van der Waals surface area contributed by atoms with Crippen LogP contribution in [-0.4, -0.2) is 30.1 Å². The Kier molecular flexibility index (Phi) is 4.51. The van der Waals surface area contributed by atoms with E-state index in [4.69, 9.17) is 0 Å². The van der Waals surface area contributed by atoms with Gasteiger partial charge in [0.25, 0.3) is 0 Å². The largest absolute Gasteiger partial charge is 0.305 e. The molecule has 118 valence electrons. The lowest BCUT2D eigenvalue weighted by Gasteiger charge is -2.51. The van der Waals surface area contributed by atoms with Crippen molar-refractivity contribution in [1.82, 2.24) is 10.2 Å². The van der Waals surface area contributed by atoms with E-state index in [1.807, 2.05) is 0 Å². The van der Waals surface area contributed by atoms with Crippen LogP contribution in [0.25, 0.3) is 0 Å². The van der Waals surface area contributed by atoms with Crippen molar-refractivity contribution in [1.29, 1.82) is 0 Å². The maximum absolute atomic E-state index is 3.79. The van der Waals surface area contributed by atoms with Gasteiger partial charge in [-0.15, -0.1) is 0 Å². The Morgan fingerprint density at radius 2 is 1.71 bits per heavy atom. The van der Waals surface area contributed by atoms with Crippen molar-refractivity contribution >= 4 is 0 Å². The van der Waals surface area contributed by atoms with Gasteiger partial charge in [-0.25, -0.2) is 0 Å². The van der Waals surface area contributed by atoms with E-state index in [1.54, 1.807) is 0 Å². The summed E-state index contributed by atoms with van der Waals surface area (Å²) in [6, 6.07) is 10.9. The third-order valence-electron chi connectivity index (χ3n) is 4.82. The minimum absolute atomic E-state index is 0.0503. The molecule has 1 aliphatic heterocycles. The van der Waals surface area contributed by atoms with Crippen molar-refractivity contribution in [3.63, 3.8) is 0 Å². The van der Waals surface area contributed by atoms with Gasteiger partial charge in [0.15, 0.2) is 0 Å². The molecule has 1 aromatic rings. The first kappa shape index (κ1) is 16.5.